The summed E-state index contributed by atoms with van der Waals surface area (Å²) in [6.45, 7) is 1.84. The molecule has 0 aliphatic carbocycles. The molecular weight excluding hydrogens is 385 g/mol. The first-order valence-corrected chi connectivity index (χ1v) is 9.97. The van der Waals surface area contributed by atoms with Gasteiger partial charge in [-0.1, -0.05) is 54.7 Å². The average Bonchev–Trinajstić information content (AvgIpc) is 2.77. The maximum absolute atomic E-state index is 13.8. The number of hydrogen-bond acceptors (Lipinski definition) is 3. The highest BCUT2D eigenvalue weighted by Crippen LogP contribution is 2.30. The van der Waals surface area contributed by atoms with Crippen molar-refractivity contribution in [1.29, 1.82) is 0 Å². The first kappa shape index (κ1) is 19.4. The van der Waals surface area contributed by atoms with E-state index in [1.54, 1.807) is 25.3 Å². The van der Waals surface area contributed by atoms with Gasteiger partial charge in [0.1, 0.15) is 17.4 Å². The molecule has 0 saturated carbocycles. The van der Waals surface area contributed by atoms with E-state index in [-0.39, 0.29) is 12.4 Å². The average molecular weight is 408 g/mol. The summed E-state index contributed by atoms with van der Waals surface area (Å²) in [6, 6.07) is 20.7. The molecule has 148 valence electrons. The van der Waals surface area contributed by atoms with Gasteiger partial charge in [0.05, 0.1) is 7.11 Å². The lowest BCUT2D eigenvalue weighted by atomic mass is 9.99. The maximum Gasteiger partial charge on any atom is 0.161 e. The van der Waals surface area contributed by atoms with Gasteiger partial charge < -0.3 is 14.4 Å². The van der Waals surface area contributed by atoms with Crippen LogP contribution >= 0.6 is 12.2 Å². The summed E-state index contributed by atoms with van der Waals surface area (Å²) in [5, 5.41) is 0. The van der Waals surface area contributed by atoms with Crippen LogP contribution in [0.1, 0.15) is 22.3 Å². The van der Waals surface area contributed by atoms with Crippen molar-refractivity contribution in [3.63, 3.8) is 0 Å². The Labute approximate surface area is 175 Å². The zero-order chi connectivity index (χ0) is 20.2. The summed E-state index contributed by atoms with van der Waals surface area (Å²) in [4.78, 5) is 3.00. The van der Waals surface area contributed by atoms with Crippen molar-refractivity contribution in [3.8, 4) is 11.5 Å². The number of benzene rings is 3. The molecule has 0 atom stereocenters. The van der Waals surface area contributed by atoms with Gasteiger partial charge in [0.2, 0.25) is 0 Å². The van der Waals surface area contributed by atoms with Crippen molar-refractivity contribution in [2.24, 2.45) is 0 Å². The summed E-state index contributed by atoms with van der Waals surface area (Å²) in [5.74, 6) is 0.861. The number of rotatable bonds is 5. The predicted octanol–water partition coefficient (Wildman–Crippen LogP) is 5.15. The van der Waals surface area contributed by atoms with Crippen LogP contribution in [0.25, 0.3) is 0 Å². The van der Waals surface area contributed by atoms with Crippen LogP contribution in [0.2, 0.25) is 0 Å². The van der Waals surface area contributed by atoms with Crippen LogP contribution in [0.3, 0.4) is 0 Å². The summed E-state index contributed by atoms with van der Waals surface area (Å²) in [6.07, 6.45) is 0.983. The van der Waals surface area contributed by atoms with E-state index in [2.05, 4.69) is 29.2 Å². The first-order chi connectivity index (χ1) is 14.2. The van der Waals surface area contributed by atoms with Crippen LogP contribution in [0, 0.1) is 5.82 Å². The van der Waals surface area contributed by atoms with E-state index in [0.717, 1.165) is 30.1 Å². The molecule has 0 unspecified atom stereocenters. The molecule has 0 saturated heterocycles. The van der Waals surface area contributed by atoms with E-state index in [4.69, 9.17) is 21.7 Å². The van der Waals surface area contributed by atoms with Crippen molar-refractivity contribution in [1.82, 2.24) is 4.90 Å². The standard InChI is InChI=1S/C24H22FNO2S/c1-27-23-14-18(10-11-22(23)28-16-20-8-4-5-9-21(20)25)24(29)26-13-12-17-6-2-3-7-19(17)15-26/h2-11,14H,12-13,15-16H2,1H3. The molecule has 1 aliphatic rings. The Morgan fingerprint density at radius 2 is 1.76 bits per heavy atom. The molecule has 5 heteroatoms. The van der Waals surface area contributed by atoms with Crippen molar-refractivity contribution in [2.45, 2.75) is 19.6 Å². The lowest BCUT2D eigenvalue weighted by Crippen LogP contribution is -2.35. The quantitative estimate of drug-likeness (QED) is 0.546. The molecule has 3 aromatic rings. The predicted molar refractivity (Wildman–Crippen MR) is 116 cm³/mol. The van der Waals surface area contributed by atoms with E-state index in [1.807, 2.05) is 18.2 Å². The van der Waals surface area contributed by atoms with E-state index in [9.17, 15) is 4.39 Å². The molecule has 0 bridgehead atoms. The first-order valence-electron chi connectivity index (χ1n) is 9.56. The summed E-state index contributed by atoms with van der Waals surface area (Å²) in [5.41, 5.74) is 4.12. The number of halogens is 1. The third kappa shape index (κ3) is 4.25. The Hall–Kier alpha value is -2.92. The van der Waals surface area contributed by atoms with E-state index < -0.39 is 0 Å². The fraction of sp³-hybridized carbons (Fsp3) is 0.208. The van der Waals surface area contributed by atoms with Crippen LogP contribution in [0.15, 0.2) is 66.7 Å². The summed E-state index contributed by atoms with van der Waals surface area (Å²) < 4.78 is 25.1. The van der Waals surface area contributed by atoms with Gasteiger partial charge in [-0.3, -0.25) is 0 Å². The molecule has 3 nitrogen and oxygen atoms in total. The SMILES string of the molecule is COc1cc(C(=S)N2CCc3ccccc3C2)ccc1OCc1ccccc1F. The highest BCUT2D eigenvalue weighted by molar-refractivity contribution is 7.80. The third-order valence-electron chi connectivity index (χ3n) is 5.17. The Morgan fingerprint density at radius 3 is 2.55 bits per heavy atom. The van der Waals surface area contributed by atoms with Crippen molar-refractivity contribution in [3.05, 3.63) is 94.8 Å². The van der Waals surface area contributed by atoms with Gasteiger partial charge >= 0.3 is 0 Å². The van der Waals surface area contributed by atoms with Gasteiger partial charge in [0, 0.05) is 24.2 Å². The van der Waals surface area contributed by atoms with E-state index >= 15 is 0 Å². The molecule has 3 aromatic carbocycles. The molecule has 1 heterocycles. The van der Waals surface area contributed by atoms with E-state index in [0.29, 0.717) is 17.1 Å². The zero-order valence-corrected chi connectivity index (χ0v) is 17.0. The minimum atomic E-state index is -0.283. The molecule has 1 aliphatic heterocycles. The van der Waals surface area contributed by atoms with Gasteiger partial charge in [0.25, 0.3) is 0 Å². The second-order valence-corrected chi connectivity index (χ2v) is 7.38. The second-order valence-electron chi connectivity index (χ2n) is 6.99. The third-order valence-corrected chi connectivity index (χ3v) is 5.66. The van der Waals surface area contributed by atoms with Crippen molar-refractivity contribution >= 4 is 17.2 Å². The maximum atomic E-state index is 13.8. The molecule has 29 heavy (non-hydrogen) atoms. The molecule has 0 radical (unpaired) electrons. The van der Waals surface area contributed by atoms with Crippen LogP contribution in [-0.4, -0.2) is 23.5 Å². The largest absolute Gasteiger partial charge is 0.493 e. The Balaban J connectivity index is 1.49. The molecule has 0 fully saturated rings. The Kier molecular flexibility index (Phi) is 5.76. The minimum absolute atomic E-state index is 0.135. The molecule has 4 rings (SSSR count). The minimum Gasteiger partial charge on any atom is -0.493 e. The highest BCUT2D eigenvalue weighted by atomic mass is 32.1. The Bertz CT molecular complexity index is 1040. The van der Waals surface area contributed by atoms with Crippen molar-refractivity contribution < 1.29 is 13.9 Å². The molecule has 0 spiro atoms. The van der Waals surface area contributed by atoms with Gasteiger partial charge in [-0.25, -0.2) is 4.39 Å². The second kappa shape index (κ2) is 8.62. The van der Waals surface area contributed by atoms with Gasteiger partial charge in [0.15, 0.2) is 11.5 Å². The number of fused-ring (bicyclic) bond motifs is 1. The lowest BCUT2D eigenvalue weighted by molar-refractivity contribution is 0.279. The fourth-order valence-corrected chi connectivity index (χ4v) is 3.83. The lowest BCUT2D eigenvalue weighted by Gasteiger charge is -2.31. The van der Waals surface area contributed by atoms with E-state index in [1.165, 1.54) is 17.2 Å². The van der Waals surface area contributed by atoms with Crippen molar-refractivity contribution in [2.75, 3.05) is 13.7 Å². The smallest absolute Gasteiger partial charge is 0.161 e. The fourth-order valence-electron chi connectivity index (χ4n) is 3.54. The van der Waals surface area contributed by atoms with Crippen LogP contribution in [0.4, 0.5) is 4.39 Å². The highest BCUT2D eigenvalue weighted by Gasteiger charge is 2.20. The summed E-state index contributed by atoms with van der Waals surface area (Å²) >= 11 is 5.76. The number of thiocarbonyl (C=S) groups is 1. The number of ether oxygens (including phenoxy) is 2. The molecular formula is C24H22FNO2S. The van der Waals surface area contributed by atoms with Gasteiger partial charge in [-0.15, -0.1) is 0 Å². The van der Waals surface area contributed by atoms with Crippen LogP contribution < -0.4 is 9.47 Å². The van der Waals surface area contributed by atoms with Gasteiger partial charge in [-0.2, -0.15) is 0 Å². The van der Waals surface area contributed by atoms with Crippen LogP contribution in [-0.2, 0) is 19.6 Å². The van der Waals surface area contributed by atoms with Gasteiger partial charge in [-0.05, 0) is 41.8 Å². The molecule has 0 aromatic heterocycles. The molecule has 0 N–H and O–H groups in total. The number of hydrogen-bond donors (Lipinski definition) is 0. The number of nitrogens with zero attached hydrogens (tertiary/aromatic N) is 1. The summed E-state index contributed by atoms with van der Waals surface area (Å²) in [7, 11) is 1.59. The van der Waals surface area contributed by atoms with Crippen LogP contribution in [0.5, 0.6) is 11.5 Å². The number of methoxy groups -OCH3 is 1. The monoisotopic (exact) mass is 407 g/mol. The zero-order valence-electron chi connectivity index (χ0n) is 16.2. The normalized spacial score (nSPS) is 13.0. The topological polar surface area (TPSA) is 21.7 Å². The molecule has 0 amide bonds. The Morgan fingerprint density at radius 1 is 1.00 bits per heavy atom.